The molecule has 0 fully saturated rings. The number of hydrogen-bond donors (Lipinski definition) is 1. The Morgan fingerprint density at radius 2 is 1.74 bits per heavy atom. The first-order valence-corrected chi connectivity index (χ1v) is 13.3. The van der Waals surface area contributed by atoms with Crippen molar-refractivity contribution in [1.29, 1.82) is 0 Å². The van der Waals surface area contributed by atoms with Gasteiger partial charge < -0.3 is 10.2 Å². The minimum atomic E-state index is -3.92. The average Bonchev–Trinajstić information content (AvgIpc) is 2.78. The molecule has 0 aromatic heterocycles. The monoisotopic (exact) mass is 511 g/mol. The van der Waals surface area contributed by atoms with E-state index in [9.17, 15) is 22.4 Å². The molecule has 0 radical (unpaired) electrons. The lowest BCUT2D eigenvalue weighted by Gasteiger charge is -2.33. The third-order valence-electron chi connectivity index (χ3n) is 5.45. The molecule has 0 bridgehead atoms. The van der Waals surface area contributed by atoms with E-state index < -0.39 is 34.3 Å². The highest BCUT2D eigenvalue weighted by Crippen LogP contribution is 2.25. The highest BCUT2D eigenvalue weighted by Gasteiger charge is 2.32. The van der Waals surface area contributed by atoms with Gasteiger partial charge in [-0.05, 0) is 43.5 Å². The van der Waals surface area contributed by atoms with Crippen LogP contribution in [-0.2, 0) is 26.2 Å². The van der Waals surface area contributed by atoms with Crippen molar-refractivity contribution in [2.45, 2.75) is 52.2 Å². The predicted octanol–water partition coefficient (Wildman–Crippen LogP) is 3.97. The van der Waals surface area contributed by atoms with Gasteiger partial charge in [0.2, 0.25) is 21.8 Å². The van der Waals surface area contributed by atoms with Crippen LogP contribution in [0, 0.1) is 5.82 Å². The van der Waals surface area contributed by atoms with E-state index in [1.54, 1.807) is 6.92 Å². The van der Waals surface area contributed by atoms with E-state index >= 15 is 0 Å². The number of rotatable bonds is 11. The first-order chi connectivity index (χ1) is 16.0. The Labute approximate surface area is 205 Å². The Morgan fingerprint density at radius 3 is 2.26 bits per heavy atom. The van der Waals surface area contributed by atoms with E-state index in [1.165, 1.54) is 11.0 Å². The molecule has 7 nitrogen and oxygen atoms in total. The van der Waals surface area contributed by atoms with Crippen molar-refractivity contribution < 1.29 is 22.4 Å². The van der Waals surface area contributed by atoms with Gasteiger partial charge in [0.15, 0.2) is 0 Å². The van der Waals surface area contributed by atoms with Gasteiger partial charge >= 0.3 is 0 Å². The normalized spacial score (nSPS) is 13.1. The molecule has 0 unspecified atom stereocenters. The molecule has 0 aliphatic carbocycles. The summed E-state index contributed by atoms with van der Waals surface area (Å²) in [6.45, 7) is 5.16. The van der Waals surface area contributed by atoms with Crippen LogP contribution in [0.4, 0.5) is 10.1 Å². The SMILES string of the molecule is CC[C@H](C)NC(=O)[C@H](CC)N(Cc1ccccc1)C(=O)CN(c1ccc(F)c(Cl)c1)S(C)(=O)=O. The maximum absolute atomic E-state index is 13.6. The van der Waals surface area contributed by atoms with E-state index in [2.05, 4.69) is 5.32 Å². The number of hydrogen-bond acceptors (Lipinski definition) is 4. The van der Waals surface area contributed by atoms with E-state index in [0.29, 0.717) is 6.42 Å². The fourth-order valence-corrected chi connectivity index (χ4v) is 4.41. The number of benzene rings is 2. The molecule has 2 aromatic rings. The molecule has 2 aromatic carbocycles. The zero-order valence-electron chi connectivity index (χ0n) is 19.8. The zero-order chi connectivity index (χ0) is 25.5. The Kier molecular flexibility index (Phi) is 9.88. The van der Waals surface area contributed by atoms with Crippen LogP contribution < -0.4 is 9.62 Å². The third-order valence-corrected chi connectivity index (χ3v) is 6.88. The van der Waals surface area contributed by atoms with Gasteiger partial charge in [0.05, 0.1) is 17.0 Å². The van der Waals surface area contributed by atoms with Gasteiger partial charge in [0.25, 0.3) is 0 Å². The Hall–Kier alpha value is -2.65. The number of carbonyl (C=O) groups excluding carboxylic acids is 2. The molecule has 2 rings (SSSR count). The summed E-state index contributed by atoms with van der Waals surface area (Å²) in [5, 5.41) is 2.64. The largest absolute Gasteiger partial charge is 0.352 e. The van der Waals surface area contributed by atoms with Crippen molar-refractivity contribution in [3.63, 3.8) is 0 Å². The molecule has 1 N–H and O–H groups in total. The molecular weight excluding hydrogens is 481 g/mol. The van der Waals surface area contributed by atoms with Crippen molar-refractivity contribution >= 4 is 39.1 Å². The zero-order valence-corrected chi connectivity index (χ0v) is 21.4. The lowest BCUT2D eigenvalue weighted by Crippen LogP contribution is -2.53. The summed E-state index contributed by atoms with van der Waals surface area (Å²) in [4.78, 5) is 27.9. The van der Waals surface area contributed by atoms with Crippen LogP contribution in [0.15, 0.2) is 48.5 Å². The molecule has 0 saturated carbocycles. The Bertz CT molecular complexity index is 1100. The van der Waals surface area contributed by atoms with Crippen molar-refractivity contribution in [1.82, 2.24) is 10.2 Å². The van der Waals surface area contributed by atoms with Gasteiger partial charge in [-0.2, -0.15) is 0 Å². The number of nitrogens with one attached hydrogen (secondary N) is 1. The topological polar surface area (TPSA) is 86.8 Å². The van der Waals surface area contributed by atoms with Crippen LogP contribution in [0.25, 0.3) is 0 Å². The highest BCUT2D eigenvalue weighted by molar-refractivity contribution is 7.92. The minimum absolute atomic E-state index is 0.0546. The second kappa shape index (κ2) is 12.2. The van der Waals surface area contributed by atoms with Gasteiger partial charge in [-0.3, -0.25) is 13.9 Å². The van der Waals surface area contributed by atoms with Crippen LogP contribution in [0.5, 0.6) is 0 Å². The molecule has 0 spiro atoms. The van der Waals surface area contributed by atoms with Gasteiger partial charge in [0, 0.05) is 12.6 Å². The standard InChI is InChI=1S/C24H31ClFN3O4S/c1-5-17(3)27-24(31)22(6-2)28(15-18-10-8-7-9-11-18)23(30)16-29(34(4,32)33)19-12-13-21(26)20(25)14-19/h7-14,17,22H,5-6,15-16H2,1-4H3,(H,27,31)/t17-,22-/m0/s1. The Morgan fingerprint density at radius 1 is 1.09 bits per heavy atom. The molecule has 34 heavy (non-hydrogen) atoms. The van der Waals surface area contributed by atoms with Gasteiger partial charge in [0.1, 0.15) is 18.4 Å². The summed E-state index contributed by atoms with van der Waals surface area (Å²) in [6, 6.07) is 11.7. The number of halogens is 2. The minimum Gasteiger partial charge on any atom is -0.352 e. The molecule has 0 aliphatic rings. The molecule has 10 heteroatoms. The molecule has 0 saturated heterocycles. The summed E-state index contributed by atoms with van der Waals surface area (Å²) in [5.41, 5.74) is 0.848. The summed E-state index contributed by atoms with van der Waals surface area (Å²) < 4.78 is 39.6. The number of sulfonamides is 1. The van der Waals surface area contributed by atoms with E-state index in [4.69, 9.17) is 11.6 Å². The highest BCUT2D eigenvalue weighted by atomic mass is 35.5. The summed E-state index contributed by atoms with van der Waals surface area (Å²) >= 11 is 5.85. The maximum atomic E-state index is 13.6. The van der Waals surface area contributed by atoms with Crippen LogP contribution in [0.3, 0.4) is 0 Å². The van der Waals surface area contributed by atoms with Gasteiger partial charge in [-0.25, -0.2) is 12.8 Å². The van der Waals surface area contributed by atoms with Crippen LogP contribution in [0.2, 0.25) is 5.02 Å². The molecule has 186 valence electrons. The van der Waals surface area contributed by atoms with E-state index in [-0.39, 0.29) is 29.2 Å². The smallest absolute Gasteiger partial charge is 0.244 e. The van der Waals surface area contributed by atoms with E-state index in [0.717, 1.165) is 34.7 Å². The van der Waals surface area contributed by atoms with Crippen LogP contribution >= 0.6 is 11.6 Å². The van der Waals surface area contributed by atoms with Gasteiger partial charge in [-0.1, -0.05) is 55.8 Å². The first-order valence-electron chi connectivity index (χ1n) is 11.0. The maximum Gasteiger partial charge on any atom is 0.244 e. The number of anilines is 1. The third kappa shape index (κ3) is 7.43. The molecule has 2 amide bonds. The lowest BCUT2D eigenvalue weighted by atomic mass is 10.1. The molecule has 2 atom stereocenters. The summed E-state index contributed by atoms with van der Waals surface area (Å²) in [6.07, 6.45) is 2.01. The second-order valence-corrected chi connectivity index (χ2v) is 10.4. The summed E-state index contributed by atoms with van der Waals surface area (Å²) in [7, 11) is -3.92. The predicted molar refractivity (Wildman–Crippen MR) is 133 cm³/mol. The molecular formula is C24H31ClFN3O4S. The fourth-order valence-electron chi connectivity index (χ4n) is 3.39. The van der Waals surface area contributed by atoms with E-state index in [1.807, 2.05) is 44.2 Å². The number of amides is 2. The fraction of sp³-hybridized carbons (Fsp3) is 0.417. The second-order valence-electron chi connectivity index (χ2n) is 8.12. The van der Waals surface area contributed by atoms with Crippen LogP contribution in [0.1, 0.15) is 39.2 Å². The summed E-state index contributed by atoms with van der Waals surface area (Å²) in [5.74, 6) is -1.58. The van der Waals surface area contributed by atoms with Crippen molar-refractivity contribution in [2.75, 3.05) is 17.1 Å². The quantitative estimate of drug-likeness (QED) is 0.494. The average molecular weight is 512 g/mol. The molecule has 0 heterocycles. The van der Waals surface area contributed by atoms with Crippen LogP contribution in [-0.4, -0.2) is 50.0 Å². The molecule has 0 aliphatic heterocycles. The van der Waals surface area contributed by atoms with Gasteiger partial charge in [-0.15, -0.1) is 0 Å². The lowest BCUT2D eigenvalue weighted by molar-refractivity contribution is -0.140. The van der Waals surface area contributed by atoms with Crippen molar-refractivity contribution in [3.05, 3.63) is 64.9 Å². The van der Waals surface area contributed by atoms with Crippen molar-refractivity contribution in [3.8, 4) is 0 Å². The Balaban J connectivity index is 2.43. The van der Waals surface area contributed by atoms with Crippen molar-refractivity contribution in [2.24, 2.45) is 0 Å². The number of carbonyl (C=O) groups is 2. The number of nitrogens with zero attached hydrogens (tertiary/aromatic N) is 2. The first kappa shape index (κ1) is 27.6.